The summed E-state index contributed by atoms with van der Waals surface area (Å²) in [6.45, 7) is 8.88. The zero-order valence-electron chi connectivity index (χ0n) is 12.3. The molecule has 0 radical (unpaired) electrons. The molecule has 112 valence electrons. The highest BCUT2D eigenvalue weighted by Crippen LogP contribution is 2.06. The Balaban J connectivity index is 3.68. The minimum absolute atomic E-state index is 0.254. The molecule has 19 heavy (non-hydrogen) atoms. The molecule has 0 aliphatic rings. The number of ether oxygens (including phenoxy) is 1. The summed E-state index contributed by atoms with van der Waals surface area (Å²) in [6.07, 6.45) is 1.20. The normalized spacial score (nSPS) is 12.8. The third-order valence-corrected chi connectivity index (χ3v) is 2.73. The highest BCUT2D eigenvalue weighted by molar-refractivity contribution is 5.73. The van der Waals surface area contributed by atoms with Crippen LogP contribution in [0.3, 0.4) is 0 Å². The van der Waals surface area contributed by atoms with E-state index in [-0.39, 0.29) is 17.6 Å². The van der Waals surface area contributed by atoms with Gasteiger partial charge in [-0.2, -0.15) is 0 Å². The first-order valence-electron chi connectivity index (χ1n) is 6.67. The van der Waals surface area contributed by atoms with Crippen LogP contribution < -0.4 is 10.6 Å². The highest BCUT2D eigenvalue weighted by Gasteiger charge is 2.18. The highest BCUT2D eigenvalue weighted by atomic mass is 16.5. The van der Waals surface area contributed by atoms with Gasteiger partial charge in [0.2, 0.25) is 0 Å². The SMILES string of the molecule is CCOC(C)(C)CNC(=O)NCCCC(C)C(=O)O. The fourth-order valence-electron chi connectivity index (χ4n) is 1.53. The number of urea groups is 1. The number of carboxylic acid groups (broad SMARTS) is 1. The van der Waals surface area contributed by atoms with Crippen LogP contribution in [0.1, 0.15) is 40.5 Å². The maximum Gasteiger partial charge on any atom is 0.314 e. The molecule has 0 heterocycles. The molecule has 1 unspecified atom stereocenters. The van der Waals surface area contributed by atoms with Crippen LogP contribution in [-0.2, 0) is 9.53 Å². The van der Waals surface area contributed by atoms with Gasteiger partial charge in [0.25, 0.3) is 0 Å². The Morgan fingerprint density at radius 2 is 1.95 bits per heavy atom. The second kappa shape index (κ2) is 8.74. The van der Waals surface area contributed by atoms with Crippen LogP contribution in [-0.4, -0.2) is 42.4 Å². The van der Waals surface area contributed by atoms with E-state index < -0.39 is 5.97 Å². The van der Waals surface area contributed by atoms with Crippen LogP contribution in [0.25, 0.3) is 0 Å². The van der Waals surface area contributed by atoms with Crippen molar-refractivity contribution in [1.82, 2.24) is 10.6 Å². The van der Waals surface area contributed by atoms with Gasteiger partial charge < -0.3 is 20.5 Å². The molecule has 0 fully saturated rings. The number of carboxylic acids is 1. The van der Waals surface area contributed by atoms with Crippen LogP contribution in [0.15, 0.2) is 0 Å². The molecule has 1 atom stereocenters. The van der Waals surface area contributed by atoms with Crippen molar-refractivity contribution in [2.45, 2.75) is 46.1 Å². The van der Waals surface area contributed by atoms with E-state index in [0.29, 0.717) is 32.5 Å². The minimum atomic E-state index is -0.803. The van der Waals surface area contributed by atoms with E-state index in [2.05, 4.69) is 10.6 Å². The Kier molecular flexibility index (Phi) is 8.14. The third-order valence-electron chi connectivity index (χ3n) is 2.73. The van der Waals surface area contributed by atoms with Crippen LogP contribution >= 0.6 is 0 Å². The fourth-order valence-corrected chi connectivity index (χ4v) is 1.53. The second-order valence-corrected chi connectivity index (χ2v) is 5.18. The quantitative estimate of drug-likeness (QED) is 0.557. The standard InChI is InChI=1S/C13H26N2O4/c1-5-19-13(3,4)9-15-12(18)14-8-6-7-10(2)11(16)17/h10H,5-9H2,1-4H3,(H,16,17)(H2,14,15,18). The molecule has 3 N–H and O–H groups in total. The number of aliphatic carboxylic acids is 1. The van der Waals surface area contributed by atoms with E-state index in [1.165, 1.54) is 0 Å². The van der Waals surface area contributed by atoms with Crippen molar-refractivity contribution in [3.8, 4) is 0 Å². The van der Waals surface area contributed by atoms with Gasteiger partial charge in [-0.1, -0.05) is 6.92 Å². The molecule has 2 amide bonds. The Morgan fingerprint density at radius 3 is 2.47 bits per heavy atom. The lowest BCUT2D eigenvalue weighted by molar-refractivity contribution is -0.141. The first-order chi connectivity index (χ1) is 8.78. The number of rotatable bonds is 9. The van der Waals surface area contributed by atoms with Crippen molar-refractivity contribution in [2.75, 3.05) is 19.7 Å². The Bertz CT molecular complexity index is 292. The van der Waals surface area contributed by atoms with Crippen LogP contribution in [0, 0.1) is 5.92 Å². The molecule has 0 bridgehead atoms. The summed E-state index contributed by atoms with van der Waals surface area (Å²) < 4.78 is 5.46. The number of carbonyl (C=O) groups excluding carboxylic acids is 1. The summed E-state index contributed by atoms with van der Waals surface area (Å²) >= 11 is 0. The maximum absolute atomic E-state index is 11.5. The molecule has 0 aliphatic heterocycles. The zero-order valence-corrected chi connectivity index (χ0v) is 12.3. The molecule has 0 aromatic carbocycles. The van der Waals surface area contributed by atoms with Crippen LogP contribution in [0.4, 0.5) is 4.79 Å². The summed E-state index contributed by atoms with van der Waals surface area (Å²) in [5.41, 5.74) is -0.385. The predicted molar refractivity (Wildman–Crippen MR) is 73.1 cm³/mol. The van der Waals surface area contributed by atoms with E-state index in [4.69, 9.17) is 9.84 Å². The summed E-state index contributed by atoms with van der Waals surface area (Å²) in [6, 6.07) is -0.254. The lowest BCUT2D eigenvalue weighted by Gasteiger charge is -2.24. The minimum Gasteiger partial charge on any atom is -0.481 e. The predicted octanol–water partition coefficient (Wildman–Crippen LogP) is 1.60. The van der Waals surface area contributed by atoms with Crippen LogP contribution in [0.5, 0.6) is 0 Å². The molecule has 0 saturated heterocycles. The lowest BCUT2D eigenvalue weighted by Crippen LogP contribution is -2.45. The topological polar surface area (TPSA) is 87.7 Å². The molecular formula is C13H26N2O4. The first kappa shape index (κ1) is 17.7. The van der Waals surface area contributed by atoms with Gasteiger partial charge >= 0.3 is 12.0 Å². The molecule has 6 heteroatoms. The van der Waals surface area contributed by atoms with Gasteiger partial charge in [-0.25, -0.2) is 4.79 Å². The van der Waals surface area contributed by atoms with E-state index >= 15 is 0 Å². The third kappa shape index (κ3) is 9.30. The summed E-state index contributed by atoms with van der Waals surface area (Å²) in [5.74, 6) is -1.18. The molecule has 0 aromatic heterocycles. The average molecular weight is 274 g/mol. The van der Waals surface area contributed by atoms with Crippen molar-refractivity contribution < 1.29 is 19.4 Å². The Morgan fingerprint density at radius 1 is 1.32 bits per heavy atom. The molecular weight excluding hydrogens is 248 g/mol. The lowest BCUT2D eigenvalue weighted by atomic mass is 10.1. The summed E-state index contributed by atoms with van der Waals surface area (Å²) in [7, 11) is 0. The van der Waals surface area contributed by atoms with Crippen molar-refractivity contribution >= 4 is 12.0 Å². The number of nitrogens with one attached hydrogen (secondary N) is 2. The van der Waals surface area contributed by atoms with Gasteiger partial charge in [0.05, 0.1) is 11.5 Å². The van der Waals surface area contributed by atoms with E-state index in [1.807, 2.05) is 20.8 Å². The zero-order chi connectivity index (χ0) is 14.9. The number of hydrogen-bond acceptors (Lipinski definition) is 3. The molecule has 0 spiro atoms. The second-order valence-electron chi connectivity index (χ2n) is 5.18. The van der Waals surface area contributed by atoms with Gasteiger partial charge in [-0.15, -0.1) is 0 Å². The Hall–Kier alpha value is -1.30. The van der Waals surface area contributed by atoms with E-state index in [9.17, 15) is 9.59 Å². The number of hydrogen-bond donors (Lipinski definition) is 3. The van der Waals surface area contributed by atoms with Gasteiger partial charge in [-0.05, 0) is 33.6 Å². The maximum atomic E-state index is 11.5. The van der Waals surface area contributed by atoms with Crippen LogP contribution in [0.2, 0.25) is 0 Å². The van der Waals surface area contributed by atoms with Gasteiger partial charge in [-0.3, -0.25) is 4.79 Å². The molecule has 0 saturated carbocycles. The van der Waals surface area contributed by atoms with Crippen molar-refractivity contribution in [3.05, 3.63) is 0 Å². The van der Waals surface area contributed by atoms with Gasteiger partial charge in [0.1, 0.15) is 0 Å². The molecule has 0 aliphatic carbocycles. The van der Waals surface area contributed by atoms with Crippen molar-refractivity contribution in [2.24, 2.45) is 5.92 Å². The van der Waals surface area contributed by atoms with E-state index in [0.717, 1.165) is 0 Å². The smallest absolute Gasteiger partial charge is 0.314 e. The fraction of sp³-hybridized carbons (Fsp3) is 0.846. The molecule has 0 aromatic rings. The average Bonchev–Trinajstić information content (AvgIpc) is 2.31. The summed E-state index contributed by atoms with van der Waals surface area (Å²) in [5, 5.41) is 14.1. The van der Waals surface area contributed by atoms with Gasteiger partial charge in [0, 0.05) is 19.7 Å². The number of carbonyl (C=O) groups is 2. The monoisotopic (exact) mass is 274 g/mol. The van der Waals surface area contributed by atoms with E-state index in [1.54, 1.807) is 6.92 Å². The summed E-state index contributed by atoms with van der Waals surface area (Å²) in [4.78, 5) is 22.1. The number of amides is 2. The van der Waals surface area contributed by atoms with Crippen molar-refractivity contribution in [3.63, 3.8) is 0 Å². The van der Waals surface area contributed by atoms with Crippen molar-refractivity contribution in [1.29, 1.82) is 0 Å². The molecule has 6 nitrogen and oxygen atoms in total. The van der Waals surface area contributed by atoms with Gasteiger partial charge in [0.15, 0.2) is 0 Å². The Labute approximate surface area is 114 Å². The molecule has 0 rings (SSSR count). The largest absolute Gasteiger partial charge is 0.481 e. The first-order valence-corrected chi connectivity index (χ1v) is 6.67.